The Balaban J connectivity index is 1.49. The highest BCUT2D eigenvalue weighted by atomic mass is 16.5. The van der Waals surface area contributed by atoms with Gasteiger partial charge in [0, 0.05) is 17.8 Å². The summed E-state index contributed by atoms with van der Waals surface area (Å²) < 4.78 is 5.84. The van der Waals surface area contributed by atoms with Crippen molar-refractivity contribution < 1.29 is 4.74 Å². The van der Waals surface area contributed by atoms with Crippen LogP contribution in [0.2, 0.25) is 0 Å². The number of fused-ring (bicyclic) bond motifs is 1. The quantitative estimate of drug-likeness (QED) is 0.699. The zero-order valence-corrected chi connectivity index (χ0v) is 13.0. The van der Waals surface area contributed by atoms with Crippen molar-refractivity contribution in [3.05, 3.63) is 95.6 Å². The summed E-state index contributed by atoms with van der Waals surface area (Å²) >= 11 is 0. The summed E-state index contributed by atoms with van der Waals surface area (Å²) in [5, 5.41) is 0. The molecule has 0 aliphatic carbocycles. The molecule has 1 heterocycles. The lowest BCUT2D eigenvalue weighted by molar-refractivity contribution is 0.289. The normalized spacial score (nSPS) is 13.3. The van der Waals surface area contributed by atoms with Gasteiger partial charge in [0.1, 0.15) is 5.75 Å². The molecule has 1 aliphatic heterocycles. The minimum atomic E-state index is 0.606. The molecule has 0 N–H and O–H groups in total. The van der Waals surface area contributed by atoms with E-state index in [0.29, 0.717) is 6.73 Å². The first kappa shape index (κ1) is 13.9. The predicted octanol–water partition coefficient (Wildman–Crippen LogP) is 4.63. The highest BCUT2D eigenvalue weighted by molar-refractivity contribution is 5.51. The molecule has 23 heavy (non-hydrogen) atoms. The first-order valence-electron chi connectivity index (χ1n) is 7.97. The number of anilines is 1. The van der Waals surface area contributed by atoms with Gasteiger partial charge in [0.05, 0.1) is 0 Å². The number of nitrogens with zero attached hydrogens (tertiary/aromatic N) is 1. The number of hydrogen-bond donors (Lipinski definition) is 0. The Labute approximate surface area is 137 Å². The van der Waals surface area contributed by atoms with Crippen molar-refractivity contribution >= 4 is 5.69 Å². The van der Waals surface area contributed by atoms with Gasteiger partial charge in [-0.2, -0.15) is 0 Å². The lowest BCUT2D eigenvalue weighted by atomic mass is 10.0. The smallest absolute Gasteiger partial charge is 0.161 e. The third-order valence-electron chi connectivity index (χ3n) is 4.26. The summed E-state index contributed by atoms with van der Waals surface area (Å²) in [6, 6.07) is 27.6. The predicted molar refractivity (Wildman–Crippen MR) is 93.8 cm³/mol. The van der Waals surface area contributed by atoms with Crippen LogP contribution in [0.15, 0.2) is 78.9 Å². The van der Waals surface area contributed by atoms with Crippen LogP contribution < -0.4 is 9.64 Å². The second kappa shape index (κ2) is 6.17. The molecule has 0 saturated carbocycles. The number of benzene rings is 3. The van der Waals surface area contributed by atoms with Gasteiger partial charge in [0.15, 0.2) is 6.73 Å². The zero-order valence-electron chi connectivity index (χ0n) is 13.0. The van der Waals surface area contributed by atoms with E-state index in [4.69, 9.17) is 4.74 Å². The van der Waals surface area contributed by atoms with Gasteiger partial charge in [-0.15, -0.1) is 0 Å². The molecule has 0 aromatic heterocycles. The van der Waals surface area contributed by atoms with Crippen molar-refractivity contribution in [2.24, 2.45) is 0 Å². The first-order chi connectivity index (χ1) is 11.4. The second-order valence-electron chi connectivity index (χ2n) is 5.91. The lowest BCUT2D eigenvalue weighted by Crippen LogP contribution is -2.31. The van der Waals surface area contributed by atoms with Crippen molar-refractivity contribution in [3.8, 4) is 5.75 Å². The van der Waals surface area contributed by atoms with E-state index in [1.807, 2.05) is 12.1 Å². The van der Waals surface area contributed by atoms with Gasteiger partial charge in [-0.05, 0) is 35.7 Å². The molecular formula is C21H19NO. The summed E-state index contributed by atoms with van der Waals surface area (Å²) in [6.07, 6.45) is 0.973. The standard InChI is InChI=1S/C21H19NO/c1-2-6-17(7-3-1)14-18-10-12-20(13-11-18)22-15-19-8-4-5-9-21(19)23-16-22/h1-13H,14-16H2. The van der Waals surface area contributed by atoms with Crippen molar-refractivity contribution in [1.29, 1.82) is 0 Å². The van der Waals surface area contributed by atoms with Crippen LogP contribution in [0.4, 0.5) is 5.69 Å². The minimum Gasteiger partial charge on any atom is -0.473 e. The van der Waals surface area contributed by atoms with Crippen LogP contribution in [0, 0.1) is 0 Å². The first-order valence-corrected chi connectivity index (χ1v) is 7.97. The number of ether oxygens (including phenoxy) is 1. The number of rotatable bonds is 3. The molecule has 0 spiro atoms. The fourth-order valence-corrected chi connectivity index (χ4v) is 3.00. The van der Waals surface area contributed by atoms with E-state index < -0.39 is 0 Å². The number of hydrogen-bond acceptors (Lipinski definition) is 2. The Morgan fingerprint density at radius 3 is 2.26 bits per heavy atom. The van der Waals surface area contributed by atoms with Crippen LogP contribution in [0.3, 0.4) is 0 Å². The van der Waals surface area contributed by atoms with Crippen molar-refractivity contribution in [2.45, 2.75) is 13.0 Å². The summed E-state index contributed by atoms with van der Waals surface area (Å²) in [7, 11) is 0. The molecule has 2 nitrogen and oxygen atoms in total. The van der Waals surface area contributed by atoms with E-state index in [1.54, 1.807) is 0 Å². The van der Waals surface area contributed by atoms with E-state index in [9.17, 15) is 0 Å². The van der Waals surface area contributed by atoms with Gasteiger partial charge < -0.3 is 9.64 Å². The van der Waals surface area contributed by atoms with Gasteiger partial charge in [0.2, 0.25) is 0 Å². The second-order valence-corrected chi connectivity index (χ2v) is 5.91. The van der Waals surface area contributed by atoms with E-state index in [-0.39, 0.29) is 0 Å². The van der Waals surface area contributed by atoms with E-state index in [1.165, 1.54) is 22.4 Å². The Kier molecular flexibility index (Phi) is 3.73. The third-order valence-corrected chi connectivity index (χ3v) is 4.26. The molecule has 4 rings (SSSR count). The Hall–Kier alpha value is -2.74. The average molecular weight is 301 g/mol. The minimum absolute atomic E-state index is 0.606. The Bertz CT molecular complexity index is 780. The molecule has 0 unspecified atom stereocenters. The fourth-order valence-electron chi connectivity index (χ4n) is 3.00. The van der Waals surface area contributed by atoms with E-state index >= 15 is 0 Å². The maximum atomic E-state index is 5.84. The topological polar surface area (TPSA) is 12.5 Å². The van der Waals surface area contributed by atoms with Gasteiger partial charge >= 0.3 is 0 Å². The van der Waals surface area contributed by atoms with E-state index in [0.717, 1.165) is 18.7 Å². The zero-order chi connectivity index (χ0) is 15.5. The highest BCUT2D eigenvalue weighted by Gasteiger charge is 2.16. The highest BCUT2D eigenvalue weighted by Crippen LogP contribution is 2.28. The lowest BCUT2D eigenvalue weighted by Gasteiger charge is -2.30. The molecular weight excluding hydrogens is 282 g/mol. The summed E-state index contributed by atoms with van der Waals surface area (Å²) in [4.78, 5) is 2.26. The van der Waals surface area contributed by atoms with Crippen LogP contribution in [-0.2, 0) is 13.0 Å². The van der Waals surface area contributed by atoms with Crippen LogP contribution in [0.25, 0.3) is 0 Å². The Morgan fingerprint density at radius 1 is 0.739 bits per heavy atom. The van der Waals surface area contributed by atoms with E-state index in [2.05, 4.69) is 71.6 Å². The monoisotopic (exact) mass is 301 g/mol. The molecule has 2 heteroatoms. The summed E-state index contributed by atoms with van der Waals surface area (Å²) in [5.74, 6) is 1.00. The number of para-hydroxylation sites is 1. The Morgan fingerprint density at radius 2 is 1.43 bits per heavy atom. The molecule has 3 aromatic carbocycles. The SMILES string of the molecule is c1ccc(Cc2ccc(N3COc4ccccc4C3)cc2)cc1. The van der Waals surface area contributed by atoms with Crippen LogP contribution in [0.1, 0.15) is 16.7 Å². The fraction of sp³-hybridized carbons (Fsp3) is 0.143. The van der Waals surface area contributed by atoms with Crippen LogP contribution in [0.5, 0.6) is 5.75 Å². The molecule has 0 amide bonds. The molecule has 0 saturated heterocycles. The average Bonchev–Trinajstić information content (AvgIpc) is 2.63. The van der Waals surface area contributed by atoms with Gasteiger partial charge in [-0.3, -0.25) is 0 Å². The van der Waals surface area contributed by atoms with Crippen molar-refractivity contribution in [2.75, 3.05) is 11.6 Å². The molecule has 114 valence electrons. The summed E-state index contributed by atoms with van der Waals surface area (Å²) in [6.45, 7) is 1.50. The largest absolute Gasteiger partial charge is 0.473 e. The van der Waals surface area contributed by atoms with Gasteiger partial charge in [-0.25, -0.2) is 0 Å². The van der Waals surface area contributed by atoms with Crippen molar-refractivity contribution in [3.63, 3.8) is 0 Å². The van der Waals surface area contributed by atoms with Gasteiger partial charge in [0.25, 0.3) is 0 Å². The molecule has 0 atom stereocenters. The molecule has 0 fully saturated rings. The van der Waals surface area contributed by atoms with Gasteiger partial charge in [-0.1, -0.05) is 60.7 Å². The molecule has 0 radical (unpaired) electrons. The maximum Gasteiger partial charge on any atom is 0.161 e. The molecule has 0 bridgehead atoms. The maximum absolute atomic E-state index is 5.84. The molecule has 1 aliphatic rings. The molecule has 3 aromatic rings. The van der Waals surface area contributed by atoms with Crippen molar-refractivity contribution in [1.82, 2.24) is 0 Å². The summed E-state index contributed by atoms with van der Waals surface area (Å²) in [5.41, 5.74) is 5.12. The van der Waals surface area contributed by atoms with Crippen LogP contribution in [-0.4, -0.2) is 6.73 Å². The third kappa shape index (κ3) is 3.07. The van der Waals surface area contributed by atoms with Crippen LogP contribution >= 0.6 is 0 Å².